The van der Waals surface area contributed by atoms with Gasteiger partial charge in [0.05, 0.1) is 18.6 Å². The number of nitriles is 1. The van der Waals surface area contributed by atoms with Gasteiger partial charge in [-0.25, -0.2) is 4.98 Å². The summed E-state index contributed by atoms with van der Waals surface area (Å²) in [6.45, 7) is 13.6. The average Bonchev–Trinajstić information content (AvgIpc) is 2.85. The van der Waals surface area contributed by atoms with Crippen molar-refractivity contribution in [1.29, 1.82) is 5.26 Å². The molecule has 0 spiro atoms. The minimum atomic E-state index is 0.370. The summed E-state index contributed by atoms with van der Waals surface area (Å²) < 4.78 is 7.24. The number of ether oxygens (including phenoxy) is 1. The van der Waals surface area contributed by atoms with Crippen LogP contribution in [0.2, 0.25) is 0 Å². The lowest BCUT2D eigenvalue weighted by molar-refractivity contribution is 0.290. The number of rotatable bonds is 4. The van der Waals surface area contributed by atoms with Crippen molar-refractivity contribution in [2.45, 2.75) is 34.6 Å². The molecule has 0 bridgehead atoms. The van der Waals surface area contributed by atoms with E-state index in [-0.39, 0.29) is 0 Å². The van der Waals surface area contributed by atoms with Gasteiger partial charge in [-0.1, -0.05) is 12.7 Å². The summed E-state index contributed by atoms with van der Waals surface area (Å²) >= 11 is 0. The molecule has 0 fully saturated rings. The van der Waals surface area contributed by atoms with Crippen LogP contribution in [0.1, 0.15) is 37.6 Å². The van der Waals surface area contributed by atoms with Crippen molar-refractivity contribution in [3.8, 4) is 6.07 Å². The van der Waals surface area contributed by atoms with Crippen molar-refractivity contribution < 1.29 is 4.74 Å². The second-order valence-corrected chi connectivity index (χ2v) is 6.09. The van der Waals surface area contributed by atoms with Gasteiger partial charge in [0.1, 0.15) is 23.1 Å². The number of hydrogen-bond acceptors (Lipinski definition) is 4. The Balaban J connectivity index is 3.06. The Morgan fingerprint density at radius 2 is 2.00 bits per heavy atom. The predicted molar refractivity (Wildman–Crippen MR) is 103 cm³/mol. The molecule has 25 heavy (non-hydrogen) atoms. The van der Waals surface area contributed by atoms with Crippen LogP contribution in [0.15, 0.2) is 35.6 Å². The molecule has 0 aliphatic carbocycles. The first kappa shape index (κ1) is 18.3. The Labute approximate surface area is 148 Å². The largest absolute Gasteiger partial charge is 0.501 e. The van der Waals surface area contributed by atoms with Crippen LogP contribution in [0.5, 0.6) is 0 Å². The van der Waals surface area contributed by atoms with Gasteiger partial charge in [-0.2, -0.15) is 5.26 Å². The molecule has 130 valence electrons. The predicted octanol–water partition coefficient (Wildman–Crippen LogP) is 4.46. The molecule has 2 rings (SSSR count). The molecular formula is C20H24N4O. The van der Waals surface area contributed by atoms with Gasteiger partial charge in [0, 0.05) is 16.7 Å². The number of pyridine rings is 1. The second-order valence-electron chi connectivity index (χ2n) is 6.09. The van der Waals surface area contributed by atoms with Crippen LogP contribution in [-0.2, 0) is 4.74 Å². The molecule has 5 nitrogen and oxygen atoms in total. The third kappa shape index (κ3) is 2.91. The second kappa shape index (κ2) is 6.86. The van der Waals surface area contributed by atoms with Crippen molar-refractivity contribution in [3.05, 3.63) is 52.4 Å². The van der Waals surface area contributed by atoms with Gasteiger partial charge >= 0.3 is 0 Å². The molecule has 2 heterocycles. The maximum atomic E-state index is 9.62. The van der Waals surface area contributed by atoms with Crippen LogP contribution in [0.4, 0.5) is 5.82 Å². The highest BCUT2D eigenvalue weighted by Gasteiger charge is 2.22. The number of aryl methyl sites for hydroxylation is 2. The summed E-state index contributed by atoms with van der Waals surface area (Å²) in [5.41, 5.74) is 12.0. The molecule has 5 heteroatoms. The van der Waals surface area contributed by atoms with Crippen molar-refractivity contribution >= 4 is 22.5 Å². The smallest absolute Gasteiger partial charge is 0.147 e. The van der Waals surface area contributed by atoms with E-state index in [0.29, 0.717) is 17.0 Å². The maximum Gasteiger partial charge on any atom is 0.147 e. The Morgan fingerprint density at radius 3 is 2.52 bits per heavy atom. The van der Waals surface area contributed by atoms with Crippen molar-refractivity contribution in [3.63, 3.8) is 0 Å². The van der Waals surface area contributed by atoms with E-state index in [0.717, 1.165) is 39.2 Å². The number of nitrogen functional groups attached to an aromatic ring is 1. The van der Waals surface area contributed by atoms with Crippen LogP contribution in [0.3, 0.4) is 0 Å². The highest BCUT2D eigenvalue weighted by molar-refractivity contribution is 5.95. The molecule has 2 N–H and O–H groups in total. The standard InChI is InChI=1S/C20H24N4O/c1-8-11(2)18(13(4)15(6)25-7)24-19(22)17(10-21)16-9-12(3)14(5)23-20(16)24/h8-9H,1,22H2,2-7H3/b15-13+,18-11+. The molecule has 0 radical (unpaired) electrons. The number of hydrogen-bond donors (Lipinski definition) is 1. The molecule has 0 aliphatic heterocycles. The summed E-state index contributed by atoms with van der Waals surface area (Å²) in [7, 11) is 1.63. The van der Waals surface area contributed by atoms with E-state index in [9.17, 15) is 5.26 Å². The number of methoxy groups -OCH3 is 1. The van der Waals surface area contributed by atoms with E-state index in [2.05, 4.69) is 12.6 Å². The van der Waals surface area contributed by atoms with E-state index >= 15 is 0 Å². The minimum absolute atomic E-state index is 0.370. The fraction of sp³-hybridized carbons (Fsp3) is 0.300. The van der Waals surface area contributed by atoms with E-state index in [1.165, 1.54) is 0 Å². The number of anilines is 1. The fourth-order valence-electron chi connectivity index (χ4n) is 2.81. The number of allylic oxidation sites excluding steroid dienone is 5. The summed E-state index contributed by atoms with van der Waals surface area (Å²) in [6, 6.07) is 4.18. The van der Waals surface area contributed by atoms with Gasteiger partial charge in [-0.05, 0) is 51.8 Å². The van der Waals surface area contributed by atoms with Crippen LogP contribution in [0, 0.1) is 25.2 Å². The van der Waals surface area contributed by atoms with Gasteiger partial charge in [-0.3, -0.25) is 4.57 Å². The molecule has 2 aromatic heterocycles. The number of aromatic nitrogens is 2. The first-order valence-corrected chi connectivity index (χ1v) is 8.02. The van der Waals surface area contributed by atoms with Crippen LogP contribution in [-0.4, -0.2) is 16.7 Å². The van der Waals surface area contributed by atoms with Gasteiger partial charge < -0.3 is 10.5 Å². The molecule has 0 aliphatic rings. The third-order valence-electron chi connectivity index (χ3n) is 4.63. The first-order valence-electron chi connectivity index (χ1n) is 8.02. The molecule has 0 saturated heterocycles. The van der Waals surface area contributed by atoms with Gasteiger partial charge in [0.15, 0.2) is 0 Å². The van der Waals surface area contributed by atoms with Gasteiger partial charge in [0.25, 0.3) is 0 Å². The monoisotopic (exact) mass is 336 g/mol. The fourth-order valence-corrected chi connectivity index (χ4v) is 2.81. The van der Waals surface area contributed by atoms with E-state index in [1.807, 2.05) is 45.3 Å². The first-order chi connectivity index (χ1) is 11.8. The van der Waals surface area contributed by atoms with E-state index < -0.39 is 0 Å². The lowest BCUT2D eigenvalue weighted by Crippen LogP contribution is -2.08. The normalized spacial score (nSPS) is 13.2. The summed E-state index contributed by atoms with van der Waals surface area (Å²) in [5, 5.41) is 10.4. The lowest BCUT2D eigenvalue weighted by atomic mass is 10.1. The Kier molecular flexibility index (Phi) is 5.03. The van der Waals surface area contributed by atoms with Crippen molar-refractivity contribution in [2.24, 2.45) is 0 Å². The lowest BCUT2D eigenvalue weighted by Gasteiger charge is -2.17. The molecular weight excluding hydrogens is 312 g/mol. The molecule has 0 aromatic carbocycles. The number of fused-ring (bicyclic) bond motifs is 1. The molecule has 0 unspecified atom stereocenters. The quantitative estimate of drug-likeness (QED) is 0.660. The van der Waals surface area contributed by atoms with Gasteiger partial charge in [0.2, 0.25) is 0 Å². The van der Waals surface area contributed by atoms with E-state index in [1.54, 1.807) is 13.2 Å². The van der Waals surface area contributed by atoms with Crippen molar-refractivity contribution in [2.75, 3.05) is 12.8 Å². The highest BCUT2D eigenvalue weighted by Crippen LogP contribution is 2.35. The molecule has 0 amide bonds. The summed E-state index contributed by atoms with van der Waals surface area (Å²) in [6.07, 6.45) is 1.76. The van der Waals surface area contributed by atoms with Crippen LogP contribution >= 0.6 is 0 Å². The number of nitrogens with two attached hydrogens (primary N) is 1. The minimum Gasteiger partial charge on any atom is -0.501 e. The van der Waals surface area contributed by atoms with Crippen molar-refractivity contribution in [1.82, 2.24) is 9.55 Å². The zero-order valence-electron chi connectivity index (χ0n) is 15.7. The maximum absolute atomic E-state index is 9.62. The third-order valence-corrected chi connectivity index (χ3v) is 4.63. The van der Waals surface area contributed by atoms with Crippen LogP contribution < -0.4 is 5.73 Å². The number of nitrogens with zero attached hydrogens (tertiary/aromatic N) is 3. The Morgan fingerprint density at radius 1 is 1.36 bits per heavy atom. The summed E-state index contributed by atoms with van der Waals surface area (Å²) in [4.78, 5) is 4.71. The molecule has 0 atom stereocenters. The zero-order valence-corrected chi connectivity index (χ0v) is 15.7. The van der Waals surface area contributed by atoms with E-state index in [4.69, 9.17) is 15.5 Å². The topological polar surface area (TPSA) is 76.9 Å². The van der Waals surface area contributed by atoms with Gasteiger partial charge in [-0.15, -0.1) is 0 Å². The SMILES string of the molecule is C=C/C(C)=C(\C(C)=C(/C)OC)n1c(N)c(C#N)c2cc(C)c(C)nc21. The summed E-state index contributed by atoms with van der Waals surface area (Å²) in [5.74, 6) is 1.13. The Hall–Kier alpha value is -3.00. The average molecular weight is 336 g/mol. The zero-order chi connectivity index (χ0) is 18.9. The van der Waals surface area contributed by atoms with Crippen LogP contribution in [0.25, 0.3) is 16.7 Å². The highest BCUT2D eigenvalue weighted by atomic mass is 16.5. The molecule has 2 aromatic rings. The Bertz CT molecular complexity index is 968. The molecule has 0 saturated carbocycles.